The van der Waals surface area contributed by atoms with E-state index in [1.54, 1.807) is 18.4 Å². The number of hydrogen-bond donors (Lipinski definition) is 0. The first kappa shape index (κ1) is 20.6. The number of imidazole rings is 2. The number of rotatable bonds is 6. The number of benzene rings is 1. The van der Waals surface area contributed by atoms with Gasteiger partial charge >= 0.3 is 11.7 Å². The van der Waals surface area contributed by atoms with Crippen LogP contribution in [0.3, 0.4) is 0 Å². The first-order chi connectivity index (χ1) is 14.9. The van der Waals surface area contributed by atoms with Crippen LogP contribution in [0.15, 0.2) is 40.1 Å². The summed E-state index contributed by atoms with van der Waals surface area (Å²) in [6, 6.07) is 8.15. The highest BCUT2D eigenvalue weighted by molar-refractivity contribution is 5.76. The molecule has 0 aliphatic heterocycles. The number of carbonyl (C=O) groups is 1. The highest BCUT2D eigenvalue weighted by Crippen LogP contribution is 2.21. The van der Waals surface area contributed by atoms with Crippen molar-refractivity contribution in [2.75, 3.05) is 6.61 Å². The zero-order valence-corrected chi connectivity index (χ0v) is 18.1. The lowest BCUT2D eigenvalue weighted by Gasteiger charge is -2.08. The molecule has 0 N–H and O–H groups in total. The van der Waals surface area contributed by atoms with E-state index in [1.807, 2.05) is 29.8 Å². The Kier molecular flexibility index (Phi) is 5.26. The van der Waals surface area contributed by atoms with Crippen molar-refractivity contribution in [2.45, 2.75) is 40.2 Å². The molecule has 4 rings (SSSR count). The van der Waals surface area contributed by atoms with Crippen LogP contribution in [0.2, 0.25) is 0 Å². The minimum absolute atomic E-state index is 0.0499. The van der Waals surface area contributed by atoms with E-state index in [4.69, 9.17) is 4.74 Å². The van der Waals surface area contributed by atoms with Gasteiger partial charge in [-0.3, -0.25) is 27.7 Å². The summed E-state index contributed by atoms with van der Waals surface area (Å²) in [7, 11) is 1.57. The summed E-state index contributed by atoms with van der Waals surface area (Å²) in [5, 5.41) is 0. The van der Waals surface area contributed by atoms with Crippen molar-refractivity contribution in [3.8, 4) is 5.69 Å². The monoisotopic (exact) mass is 423 g/mol. The van der Waals surface area contributed by atoms with Gasteiger partial charge in [0.05, 0.1) is 13.0 Å². The van der Waals surface area contributed by atoms with Crippen LogP contribution in [0, 0.1) is 6.92 Å². The van der Waals surface area contributed by atoms with Gasteiger partial charge in [0.25, 0.3) is 5.56 Å². The molecular weight excluding hydrogens is 398 g/mol. The molecule has 0 radical (unpaired) electrons. The third-order valence-electron chi connectivity index (χ3n) is 5.47. The van der Waals surface area contributed by atoms with E-state index in [-0.39, 0.29) is 19.6 Å². The van der Waals surface area contributed by atoms with Gasteiger partial charge in [-0.1, -0.05) is 19.1 Å². The van der Waals surface area contributed by atoms with Crippen molar-refractivity contribution in [3.05, 3.63) is 62.6 Å². The summed E-state index contributed by atoms with van der Waals surface area (Å²) in [5.74, 6) is 0.0968. The standard InChI is InChI=1S/C22H25N5O4/c1-5-15-7-9-16(10-8-15)27-14(3)13-26-18-19(23-21(26)27)24(4)22(30)25(20(18)29)12-11-17(28)31-6-2/h7-10,13H,5-6,11-12H2,1-4H3. The number of nitrogens with zero attached hydrogens (tertiary/aromatic N) is 5. The fourth-order valence-electron chi connectivity index (χ4n) is 3.84. The molecule has 0 aliphatic rings. The Balaban J connectivity index is 1.91. The van der Waals surface area contributed by atoms with Crippen molar-refractivity contribution < 1.29 is 9.53 Å². The maximum Gasteiger partial charge on any atom is 0.332 e. The SMILES string of the molecule is CCOC(=O)CCn1c(=O)c2c(nc3n(-c4ccc(CC)cc4)c(C)cn23)n(C)c1=O. The Labute approximate surface area is 178 Å². The van der Waals surface area contributed by atoms with E-state index in [0.29, 0.717) is 16.9 Å². The molecule has 162 valence electrons. The molecule has 0 saturated carbocycles. The molecule has 0 amide bonds. The van der Waals surface area contributed by atoms with E-state index in [9.17, 15) is 14.4 Å². The second-order valence-corrected chi connectivity index (χ2v) is 7.43. The summed E-state index contributed by atoms with van der Waals surface area (Å²) >= 11 is 0. The predicted octanol–water partition coefficient (Wildman–Crippen LogP) is 1.96. The van der Waals surface area contributed by atoms with Gasteiger partial charge in [-0.25, -0.2) is 4.79 Å². The van der Waals surface area contributed by atoms with Gasteiger partial charge in [0, 0.05) is 31.2 Å². The molecule has 0 spiro atoms. The van der Waals surface area contributed by atoms with E-state index in [2.05, 4.69) is 24.0 Å². The second kappa shape index (κ2) is 7.90. The van der Waals surface area contributed by atoms with Crippen LogP contribution in [0.25, 0.3) is 22.6 Å². The third-order valence-corrected chi connectivity index (χ3v) is 5.47. The Morgan fingerprint density at radius 2 is 1.84 bits per heavy atom. The quantitative estimate of drug-likeness (QED) is 0.442. The number of ether oxygens (including phenoxy) is 1. The van der Waals surface area contributed by atoms with E-state index < -0.39 is 17.2 Å². The fourth-order valence-corrected chi connectivity index (χ4v) is 3.84. The Morgan fingerprint density at radius 1 is 1.13 bits per heavy atom. The molecule has 9 heteroatoms. The van der Waals surface area contributed by atoms with Gasteiger partial charge < -0.3 is 4.74 Å². The Bertz CT molecular complexity index is 1400. The van der Waals surface area contributed by atoms with Gasteiger partial charge in [-0.15, -0.1) is 0 Å². The molecule has 3 aromatic heterocycles. The smallest absolute Gasteiger partial charge is 0.332 e. The lowest BCUT2D eigenvalue weighted by Crippen LogP contribution is -2.39. The van der Waals surface area contributed by atoms with Crippen LogP contribution in [0.4, 0.5) is 0 Å². The topological polar surface area (TPSA) is 92.5 Å². The van der Waals surface area contributed by atoms with E-state index in [0.717, 1.165) is 22.4 Å². The molecule has 0 aliphatic carbocycles. The Morgan fingerprint density at radius 3 is 2.48 bits per heavy atom. The maximum atomic E-state index is 13.2. The number of fused-ring (bicyclic) bond motifs is 3. The average Bonchev–Trinajstić information content (AvgIpc) is 3.27. The molecule has 31 heavy (non-hydrogen) atoms. The van der Waals surface area contributed by atoms with Crippen molar-refractivity contribution >= 4 is 22.9 Å². The van der Waals surface area contributed by atoms with Crippen molar-refractivity contribution in [2.24, 2.45) is 7.05 Å². The van der Waals surface area contributed by atoms with E-state index >= 15 is 0 Å². The van der Waals surface area contributed by atoms with Crippen LogP contribution in [-0.4, -0.2) is 35.7 Å². The van der Waals surface area contributed by atoms with Crippen molar-refractivity contribution in [3.63, 3.8) is 0 Å². The molecular formula is C22H25N5O4. The molecule has 0 atom stereocenters. The first-order valence-corrected chi connectivity index (χ1v) is 10.3. The highest BCUT2D eigenvalue weighted by Gasteiger charge is 2.21. The zero-order valence-electron chi connectivity index (χ0n) is 18.1. The molecule has 0 fully saturated rings. The minimum atomic E-state index is -0.516. The van der Waals surface area contributed by atoms with Crippen LogP contribution < -0.4 is 11.2 Å². The largest absolute Gasteiger partial charge is 0.466 e. The summed E-state index contributed by atoms with van der Waals surface area (Å²) in [5.41, 5.74) is 2.66. The van der Waals surface area contributed by atoms with Gasteiger partial charge in [0.2, 0.25) is 5.78 Å². The van der Waals surface area contributed by atoms with Crippen LogP contribution >= 0.6 is 0 Å². The van der Waals surface area contributed by atoms with E-state index in [1.165, 1.54) is 10.1 Å². The molecule has 0 bridgehead atoms. The van der Waals surface area contributed by atoms with Crippen molar-refractivity contribution in [1.29, 1.82) is 0 Å². The predicted molar refractivity (Wildman–Crippen MR) is 117 cm³/mol. The summed E-state index contributed by atoms with van der Waals surface area (Å²) in [6.45, 7) is 5.95. The summed E-state index contributed by atoms with van der Waals surface area (Å²) in [4.78, 5) is 42.4. The highest BCUT2D eigenvalue weighted by atomic mass is 16.5. The number of esters is 1. The number of carbonyl (C=O) groups excluding carboxylic acids is 1. The molecule has 0 saturated heterocycles. The van der Waals surface area contributed by atoms with Crippen LogP contribution in [0.1, 0.15) is 31.5 Å². The van der Waals surface area contributed by atoms with Crippen molar-refractivity contribution in [1.82, 2.24) is 23.1 Å². The number of aryl methyl sites for hydroxylation is 3. The molecule has 0 unspecified atom stereocenters. The average molecular weight is 423 g/mol. The zero-order chi connectivity index (χ0) is 22.3. The van der Waals surface area contributed by atoms with Gasteiger partial charge in [0.15, 0.2) is 11.2 Å². The normalized spacial score (nSPS) is 11.5. The first-order valence-electron chi connectivity index (χ1n) is 10.3. The third kappa shape index (κ3) is 3.35. The van der Waals surface area contributed by atoms with Gasteiger partial charge in [-0.05, 0) is 38.0 Å². The Hall–Kier alpha value is -3.62. The summed E-state index contributed by atoms with van der Waals surface area (Å²) < 4.78 is 11.0. The molecule has 1 aromatic carbocycles. The van der Waals surface area contributed by atoms with Gasteiger partial charge in [-0.2, -0.15) is 4.98 Å². The molecule has 3 heterocycles. The summed E-state index contributed by atoms with van der Waals surface area (Å²) in [6.07, 6.45) is 2.72. The second-order valence-electron chi connectivity index (χ2n) is 7.43. The lowest BCUT2D eigenvalue weighted by molar-refractivity contribution is -0.143. The molecule has 9 nitrogen and oxygen atoms in total. The fraction of sp³-hybridized carbons (Fsp3) is 0.364. The van der Waals surface area contributed by atoms with Crippen LogP contribution in [-0.2, 0) is 29.5 Å². The molecule has 4 aromatic rings. The maximum absolute atomic E-state index is 13.2. The number of hydrogen-bond acceptors (Lipinski definition) is 5. The lowest BCUT2D eigenvalue weighted by atomic mass is 10.1. The number of aromatic nitrogens is 5. The minimum Gasteiger partial charge on any atom is -0.466 e. The van der Waals surface area contributed by atoms with Crippen LogP contribution in [0.5, 0.6) is 0 Å². The van der Waals surface area contributed by atoms with Gasteiger partial charge in [0.1, 0.15) is 0 Å².